The number of ether oxygens (including phenoxy) is 2. The van der Waals surface area contributed by atoms with Gasteiger partial charge in [0.25, 0.3) is 5.91 Å². The number of hydrogen-bond donors (Lipinski definition) is 1. The second kappa shape index (κ2) is 7.22. The zero-order valence-electron chi connectivity index (χ0n) is 12.5. The largest absolute Gasteiger partial charge is 0.481 e. The fourth-order valence-corrected chi connectivity index (χ4v) is 2.33. The van der Waals surface area contributed by atoms with Gasteiger partial charge in [0.15, 0.2) is 11.9 Å². The molecule has 0 spiro atoms. The summed E-state index contributed by atoms with van der Waals surface area (Å²) >= 11 is 0. The number of hydrogen-bond acceptors (Lipinski definition) is 4. The molecule has 1 aliphatic rings. The Morgan fingerprint density at radius 2 is 2.19 bits per heavy atom. The Kier molecular flexibility index (Phi) is 5.33. The van der Waals surface area contributed by atoms with Gasteiger partial charge in [0.1, 0.15) is 5.75 Å². The van der Waals surface area contributed by atoms with E-state index in [2.05, 4.69) is 5.32 Å². The Morgan fingerprint density at radius 1 is 1.38 bits per heavy atom. The third-order valence-electron chi connectivity index (χ3n) is 3.51. The second-order valence-electron chi connectivity index (χ2n) is 5.14. The Bertz CT molecular complexity index is 527. The monoisotopic (exact) mass is 291 g/mol. The van der Waals surface area contributed by atoms with E-state index in [1.807, 2.05) is 6.07 Å². The van der Waals surface area contributed by atoms with Crippen LogP contribution in [-0.2, 0) is 16.0 Å². The molecule has 1 aromatic carbocycles. The van der Waals surface area contributed by atoms with Crippen molar-refractivity contribution in [2.75, 3.05) is 20.3 Å². The fourth-order valence-electron chi connectivity index (χ4n) is 2.33. The van der Waals surface area contributed by atoms with Gasteiger partial charge in [-0.3, -0.25) is 9.59 Å². The maximum Gasteiger partial charge on any atom is 0.260 e. The highest BCUT2D eigenvalue weighted by molar-refractivity contribution is 6.00. The van der Waals surface area contributed by atoms with Gasteiger partial charge in [0.05, 0.1) is 0 Å². The molecule has 1 aromatic rings. The summed E-state index contributed by atoms with van der Waals surface area (Å²) in [5, 5.41) is 2.80. The zero-order chi connectivity index (χ0) is 15.2. The van der Waals surface area contributed by atoms with Crippen LogP contribution in [0.25, 0.3) is 0 Å². The first-order chi connectivity index (χ1) is 10.1. The number of rotatable bonds is 7. The van der Waals surface area contributed by atoms with Crippen LogP contribution in [-0.4, -0.2) is 38.1 Å². The fraction of sp³-hybridized carbons (Fsp3) is 0.500. The summed E-state index contributed by atoms with van der Waals surface area (Å²) < 4.78 is 10.6. The van der Waals surface area contributed by atoms with Crippen LogP contribution in [0.5, 0.6) is 5.75 Å². The molecule has 0 saturated carbocycles. The van der Waals surface area contributed by atoms with Gasteiger partial charge in [0.2, 0.25) is 0 Å². The molecule has 5 heteroatoms. The molecule has 2 rings (SSSR count). The Morgan fingerprint density at radius 3 is 2.95 bits per heavy atom. The van der Waals surface area contributed by atoms with Crippen LogP contribution in [0.3, 0.4) is 0 Å². The van der Waals surface area contributed by atoms with Crippen molar-refractivity contribution in [2.45, 2.75) is 32.3 Å². The van der Waals surface area contributed by atoms with Crippen LogP contribution in [0.1, 0.15) is 35.7 Å². The normalized spacial score (nSPS) is 14.7. The van der Waals surface area contributed by atoms with Crippen molar-refractivity contribution in [1.82, 2.24) is 5.32 Å². The molecule has 0 radical (unpaired) electrons. The topological polar surface area (TPSA) is 64.6 Å². The molecule has 1 N–H and O–H groups in total. The molecule has 0 saturated heterocycles. The van der Waals surface area contributed by atoms with Crippen LogP contribution in [0.2, 0.25) is 0 Å². The molecule has 0 fully saturated rings. The van der Waals surface area contributed by atoms with Crippen LogP contribution in [0.4, 0.5) is 0 Å². The van der Waals surface area contributed by atoms with E-state index >= 15 is 0 Å². The standard InChI is InChI=1S/C16H21NO4/c1-11(16(19)17-8-3-9-20-2)21-13-5-6-14-12(10-13)4-7-15(14)18/h5-6,10-11H,3-4,7-9H2,1-2H3,(H,17,19). The lowest BCUT2D eigenvalue weighted by Crippen LogP contribution is -2.37. The third-order valence-corrected chi connectivity index (χ3v) is 3.51. The first-order valence-corrected chi connectivity index (χ1v) is 7.21. The van der Waals surface area contributed by atoms with Crippen LogP contribution in [0, 0.1) is 0 Å². The maximum atomic E-state index is 11.9. The van der Waals surface area contributed by atoms with Gasteiger partial charge in [-0.15, -0.1) is 0 Å². The highest BCUT2D eigenvalue weighted by Crippen LogP contribution is 2.26. The SMILES string of the molecule is COCCCNC(=O)C(C)Oc1ccc2c(c1)CCC2=O. The molecule has 114 valence electrons. The summed E-state index contributed by atoms with van der Waals surface area (Å²) in [7, 11) is 1.63. The first-order valence-electron chi connectivity index (χ1n) is 7.21. The van der Waals surface area contributed by atoms with Gasteiger partial charge in [-0.1, -0.05) is 0 Å². The molecule has 1 atom stereocenters. The minimum Gasteiger partial charge on any atom is -0.481 e. The molecule has 1 aliphatic carbocycles. The van der Waals surface area contributed by atoms with E-state index in [1.165, 1.54) is 0 Å². The number of carbonyl (C=O) groups is 2. The lowest BCUT2D eigenvalue weighted by molar-refractivity contribution is -0.127. The number of aryl methyl sites for hydroxylation is 1. The van der Waals surface area contributed by atoms with Gasteiger partial charge in [-0.05, 0) is 43.5 Å². The highest BCUT2D eigenvalue weighted by Gasteiger charge is 2.21. The number of Topliss-reactive ketones (excluding diaryl/α,β-unsaturated/α-hetero) is 1. The van der Waals surface area contributed by atoms with E-state index in [0.29, 0.717) is 25.3 Å². The molecular formula is C16H21NO4. The molecule has 21 heavy (non-hydrogen) atoms. The molecule has 0 aromatic heterocycles. The number of carbonyl (C=O) groups excluding carboxylic acids is 2. The minimum absolute atomic E-state index is 0.150. The van der Waals surface area contributed by atoms with Crippen molar-refractivity contribution in [1.29, 1.82) is 0 Å². The maximum absolute atomic E-state index is 11.9. The molecule has 0 heterocycles. The van der Waals surface area contributed by atoms with E-state index in [-0.39, 0.29) is 11.7 Å². The Balaban J connectivity index is 1.86. The molecule has 1 amide bonds. The highest BCUT2D eigenvalue weighted by atomic mass is 16.5. The quantitative estimate of drug-likeness (QED) is 0.777. The van der Waals surface area contributed by atoms with Crippen LogP contribution < -0.4 is 10.1 Å². The summed E-state index contributed by atoms with van der Waals surface area (Å²) in [6.45, 7) is 2.90. The number of methoxy groups -OCH3 is 1. The number of benzene rings is 1. The van der Waals surface area contributed by atoms with Crippen molar-refractivity contribution < 1.29 is 19.1 Å². The van der Waals surface area contributed by atoms with Crippen LogP contribution >= 0.6 is 0 Å². The van der Waals surface area contributed by atoms with Crippen molar-refractivity contribution in [3.8, 4) is 5.75 Å². The predicted molar refractivity (Wildman–Crippen MR) is 78.7 cm³/mol. The third kappa shape index (κ3) is 4.04. The van der Waals surface area contributed by atoms with E-state index in [1.54, 1.807) is 26.2 Å². The number of fused-ring (bicyclic) bond motifs is 1. The van der Waals surface area contributed by atoms with Crippen molar-refractivity contribution in [3.05, 3.63) is 29.3 Å². The lowest BCUT2D eigenvalue weighted by atomic mass is 10.1. The number of amides is 1. The summed E-state index contributed by atoms with van der Waals surface area (Å²) in [4.78, 5) is 23.4. The Labute approximate surface area is 124 Å². The van der Waals surface area contributed by atoms with E-state index in [0.717, 1.165) is 24.0 Å². The van der Waals surface area contributed by atoms with Gasteiger partial charge >= 0.3 is 0 Å². The predicted octanol–water partition coefficient (Wildman–Crippen LogP) is 1.74. The van der Waals surface area contributed by atoms with E-state index in [9.17, 15) is 9.59 Å². The number of nitrogens with one attached hydrogen (secondary N) is 1. The molecule has 0 bridgehead atoms. The van der Waals surface area contributed by atoms with Gasteiger partial charge in [-0.25, -0.2) is 0 Å². The van der Waals surface area contributed by atoms with Gasteiger partial charge in [-0.2, -0.15) is 0 Å². The van der Waals surface area contributed by atoms with E-state index in [4.69, 9.17) is 9.47 Å². The Hall–Kier alpha value is -1.88. The second-order valence-corrected chi connectivity index (χ2v) is 5.14. The summed E-state index contributed by atoms with van der Waals surface area (Å²) in [5.41, 5.74) is 1.78. The van der Waals surface area contributed by atoms with Crippen LogP contribution in [0.15, 0.2) is 18.2 Å². The van der Waals surface area contributed by atoms with E-state index < -0.39 is 6.10 Å². The molecule has 5 nitrogen and oxygen atoms in total. The van der Waals surface area contributed by atoms with Crippen molar-refractivity contribution in [3.63, 3.8) is 0 Å². The minimum atomic E-state index is -0.567. The molecule has 0 aliphatic heterocycles. The average Bonchev–Trinajstić information content (AvgIpc) is 2.84. The first kappa shape index (κ1) is 15.5. The average molecular weight is 291 g/mol. The smallest absolute Gasteiger partial charge is 0.260 e. The van der Waals surface area contributed by atoms with Gasteiger partial charge < -0.3 is 14.8 Å². The summed E-state index contributed by atoms with van der Waals surface area (Å²) in [6.07, 6.45) is 1.52. The van der Waals surface area contributed by atoms with Crippen molar-refractivity contribution >= 4 is 11.7 Å². The van der Waals surface area contributed by atoms with Gasteiger partial charge in [0, 0.05) is 32.2 Å². The molecular weight excluding hydrogens is 270 g/mol. The summed E-state index contributed by atoms with van der Waals surface area (Å²) in [5.74, 6) is 0.658. The zero-order valence-corrected chi connectivity index (χ0v) is 12.5. The lowest BCUT2D eigenvalue weighted by Gasteiger charge is -2.15. The molecule has 1 unspecified atom stereocenters. The van der Waals surface area contributed by atoms with Crippen molar-refractivity contribution in [2.24, 2.45) is 0 Å². The number of ketones is 1. The summed E-state index contributed by atoms with van der Waals surface area (Å²) in [6, 6.07) is 5.38.